The molecule has 0 radical (unpaired) electrons. The summed E-state index contributed by atoms with van der Waals surface area (Å²) in [6.45, 7) is 6.97. The standard InChI is InChI=1S/C17H21F3N2O3/c1-16(2,3)25-15(23)22-7-11-12(8-22)13(11)9-24-14-6-10(4-5-21-14)17(18,19)20/h4-6,11-13H,7-9H2,1-3H3/t11-,12+,13?. The average molecular weight is 358 g/mol. The maximum Gasteiger partial charge on any atom is 0.416 e. The number of ether oxygens (including phenoxy) is 2. The van der Waals surface area contributed by atoms with E-state index in [-0.39, 0.29) is 17.9 Å². The molecule has 2 aliphatic rings. The maximum atomic E-state index is 12.7. The molecule has 3 atom stereocenters. The van der Waals surface area contributed by atoms with Crippen LogP contribution in [-0.4, -0.2) is 41.3 Å². The van der Waals surface area contributed by atoms with Crippen LogP contribution >= 0.6 is 0 Å². The lowest BCUT2D eigenvalue weighted by atomic mass is 10.2. The van der Waals surface area contributed by atoms with E-state index in [1.165, 1.54) is 0 Å². The van der Waals surface area contributed by atoms with E-state index in [0.717, 1.165) is 18.3 Å². The Hall–Kier alpha value is -1.99. The van der Waals surface area contributed by atoms with Gasteiger partial charge in [-0.15, -0.1) is 0 Å². The third kappa shape index (κ3) is 4.16. The van der Waals surface area contributed by atoms with Crippen LogP contribution in [0.25, 0.3) is 0 Å². The van der Waals surface area contributed by atoms with Gasteiger partial charge in [0, 0.05) is 31.3 Å². The molecule has 0 bridgehead atoms. The van der Waals surface area contributed by atoms with E-state index in [9.17, 15) is 18.0 Å². The lowest BCUT2D eigenvalue weighted by Crippen LogP contribution is -2.37. The van der Waals surface area contributed by atoms with Crippen LogP contribution in [0.3, 0.4) is 0 Å². The van der Waals surface area contributed by atoms with E-state index in [1.807, 2.05) is 20.8 Å². The molecule has 1 unspecified atom stereocenters. The van der Waals surface area contributed by atoms with E-state index >= 15 is 0 Å². The molecule has 0 aromatic carbocycles. The highest BCUT2D eigenvalue weighted by Gasteiger charge is 2.57. The fourth-order valence-electron chi connectivity index (χ4n) is 3.22. The van der Waals surface area contributed by atoms with Gasteiger partial charge in [0.05, 0.1) is 12.2 Å². The largest absolute Gasteiger partial charge is 0.477 e. The molecule has 1 aliphatic heterocycles. The zero-order chi connectivity index (χ0) is 18.4. The first-order valence-corrected chi connectivity index (χ1v) is 8.18. The number of nitrogens with zero attached hydrogens (tertiary/aromatic N) is 2. The van der Waals surface area contributed by atoms with E-state index in [4.69, 9.17) is 9.47 Å². The van der Waals surface area contributed by atoms with Gasteiger partial charge in [0.2, 0.25) is 5.88 Å². The number of fused-ring (bicyclic) bond motifs is 1. The van der Waals surface area contributed by atoms with Crippen molar-refractivity contribution in [2.24, 2.45) is 17.8 Å². The molecule has 25 heavy (non-hydrogen) atoms. The zero-order valence-corrected chi connectivity index (χ0v) is 14.3. The van der Waals surface area contributed by atoms with E-state index in [0.29, 0.717) is 31.5 Å². The summed E-state index contributed by atoms with van der Waals surface area (Å²) in [6.07, 6.45) is -3.64. The van der Waals surface area contributed by atoms with Gasteiger partial charge in [0.15, 0.2) is 0 Å². The number of hydrogen-bond donors (Lipinski definition) is 0. The van der Waals surface area contributed by atoms with Crippen LogP contribution in [0.1, 0.15) is 26.3 Å². The van der Waals surface area contributed by atoms with Gasteiger partial charge in [-0.05, 0) is 38.7 Å². The summed E-state index contributed by atoms with van der Waals surface area (Å²) in [5, 5.41) is 0. The summed E-state index contributed by atoms with van der Waals surface area (Å²) in [7, 11) is 0. The Morgan fingerprint density at radius 1 is 1.28 bits per heavy atom. The van der Waals surface area contributed by atoms with Gasteiger partial charge in [-0.3, -0.25) is 0 Å². The molecule has 1 aromatic rings. The van der Waals surface area contributed by atoms with Crippen molar-refractivity contribution in [3.8, 4) is 5.88 Å². The van der Waals surface area contributed by atoms with E-state index < -0.39 is 17.3 Å². The number of aromatic nitrogens is 1. The predicted octanol–water partition coefficient (Wildman–Crippen LogP) is 3.59. The number of hydrogen-bond acceptors (Lipinski definition) is 4. The van der Waals surface area contributed by atoms with Gasteiger partial charge in [-0.25, -0.2) is 9.78 Å². The number of piperidine rings is 1. The molecule has 0 N–H and O–H groups in total. The molecule has 1 saturated carbocycles. The monoisotopic (exact) mass is 358 g/mol. The molecule has 1 amide bonds. The van der Waals surface area contributed by atoms with Gasteiger partial charge in [-0.2, -0.15) is 13.2 Å². The molecule has 1 aliphatic carbocycles. The van der Waals surface area contributed by atoms with Crippen LogP contribution < -0.4 is 4.74 Å². The molecule has 3 rings (SSSR count). The molecular weight excluding hydrogens is 337 g/mol. The Morgan fingerprint density at radius 3 is 2.48 bits per heavy atom. The SMILES string of the molecule is CC(C)(C)OC(=O)N1C[C@@H]2C(COc3cc(C(F)(F)F)ccn3)[C@@H]2C1. The van der Waals surface area contributed by atoms with Gasteiger partial charge >= 0.3 is 12.3 Å². The number of likely N-dealkylation sites (tertiary alicyclic amines) is 1. The molecule has 5 nitrogen and oxygen atoms in total. The Labute approximate surface area is 144 Å². The summed E-state index contributed by atoms with van der Waals surface area (Å²) in [5.41, 5.74) is -1.30. The highest BCUT2D eigenvalue weighted by Crippen LogP contribution is 2.52. The smallest absolute Gasteiger partial charge is 0.416 e. The average Bonchev–Trinajstić information content (AvgIpc) is 2.93. The number of halogens is 3. The minimum atomic E-state index is -4.41. The number of alkyl halides is 3. The summed E-state index contributed by atoms with van der Waals surface area (Å²) in [6, 6.07) is 1.82. The third-order valence-electron chi connectivity index (χ3n) is 4.51. The normalized spacial score (nSPS) is 25.5. The summed E-state index contributed by atoms with van der Waals surface area (Å²) < 4.78 is 48.8. The second kappa shape index (κ2) is 6.07. The summed E-state index contributed by atoms with van der Waals surface area (Å²) in [4.78, 5) is 17.5. The molecule has 2 heterocycles. The number of amides is 1. The molecule has 2 fully saturated rings. The number of rotatable bonds is 3. The Kier molecular flexibility index (Phi) is 4.33. The van der Waals surface area contributed by atoms with Crippen molar-refractivity contribution in [2.75, 3.05) is 19.7 Å². The number of carbonyl (C=O) groups excluding carboxylic acids is 1. The first kappa shape index (κ1) is 17.8. The van der Waals surface area contributed by atoms with Crippen LogP contribution in [0.4, 0.5) is 18.0 Å². The first-order chi connectivity index (χ1) is 11.5. The van der Waals surface area contributed by atoms with Gasteiger partial charge < -0.3 is 14.4 Å². The van der Waals surface area contributed by atoms with Crippen LogP contribution in [0.2, 0.25) is 0 Å². The number of pyridine rings is 1. The van der Waals surface area contributed by atoms with Crippen molar-refractivity contribution in [1.29, 1.82) is 0 Å². The fourth-order valence-corrected chi connectivity index (χ4v) is 3.22. The van der Waals surface area contributed by atoms with Gasteiger partial charge in [-0.1, -0.05) is 0 Å². The van der Waals surface area contributed by atoms with Crippen molar-refractivity contribution in [1.82, 2.24) is 9.88 Å². The second-order valence-corrected chi connectivity index (χ2v) is 7.57. The van der Waals surface area contributed by atoms with Crippen LogP contribution in [0, 0.1) is 17.8 Å². The molecule has 1 aromatic heterocycles. The van der Waals surface area contributed by atoms with Crippen LogP contribution in [0.15, 0.2) is 18.3 Å². The number of carbonyl (C=O) groups is 1. The minimum Gasteiger partial charge on any atom is -0.477 e. The third-order valence-corrected chi connectivity index (χ3v) is 4.51. The first-order valence-electron chi connectivity index (χ1n) is 8.18. The molecule has 1 saturated heterocycles. The zero-order valence-electron chi connectivity index (χ0n) is 14.3. The van der Waals surface area contributed by atoms with Crippen molar-refractivity contribution in [3.05, 3.63) is 23.9 Å². The van der Waals surface area contributed by atoms with E-state index in [2.05, 4.69) is 4.98 Å². The lowest BCUT2D eigenvalue weighted by molar-refractivity contribution is -0.137. The van der Waals surface area contributed by atoms with Crippen LogP contribution in [-0.2, 0) is 10.9 Å². The predicted molar refractivity (Wildman–Crippen MR) is 83.0 cm³/mol. The van der Waals surface area contributed by atoms with E-state index in [1.54, 1.807) is 4.90 Å². The highest BCUT2D eigenvalue weighted by atomic mass is 19.4. The molecule has 8 heteroatoms. The Morgan fingerprint density at radius 2 is 1.92 bits per heavy atom. The van der Waals surface area contributed by atoms with Crippen molar-refractivity contribution in [2.45, 2.75) is 32.5 Å². The molecular formula is C17H21F3N2O3. The van der Waals surface area contributed by atoms with Crippen molar-refractivity contribution in [3.63, 3.8) is 0 Å². The maximum absolute atomic E-state index is 12.7. The quantitative estimate of drug-likeness (QED) is 0.829. The Balaban J connectivity index is 1.47. The topological polar surface area (TPSA) is 51.7 Å². The Bertz CT molecular complexity index is 645. The lowest BCUT2D eigenvalue weighted by Gasteiger charge is -2.25. The van der Waals surface area contributed by atoms with Crippen molar-refractivity contribution >= 4 is 6.09 Å². The van der Waals surface area contributed by atoms with Gasteiger partial charge in [0.25, 0.3) is 0 Å². The second-order valence-electron chi connectivity index (χ2n) is 7.57. The highest BCUT2D eigenvalue weighted by molar-refractivity contribution is 5.69. The molecule has 138 valence electrons. The van der Waals surface area contributed by atoms with Crippen molar-refractivity contribution < 1.29 is 27.4 Å². The van der Waals surface area contributed by atoms with Crippen LogP contribution in [0.5, 0.6) is 5.88 Å². The summed E-state index contributed by atoms with van der Waals surface area (Å²) in [5.74, 6) is 0.857. The fraction of sp³-hybridized carbons (Fsp3) is 0.647. The van der Waals surface area contributed by atoms with Gasteiger partial charge in [0.1, 0.15) is 5.60 Å². The molecule has 0 spiro atoms. The summed E-state index contributed by atoms with van der Waals surface area (Å²) >= 11 is 0. The minimum absolute atomic E-state index is 0.0243.